The summed E-state index contributed by atoms with van der Waals surface area (Å²) in [6.07, 6.45) is 1.10. The summed E-state index contributed by atoms with van der Waals surface area (Å²) < 4.78 is 13.5. The Morgan fingerprint density at radius 3 is 2.65 bits per heavy atom. The van der Waals surface area contributed by atoms with E-state index in [9.17, 15) is 4.39 Å². The molecule has 0 spiro atoms. The molecule has 106 valence electrons. The van der Waals surface area contributed by atoms with Gasteiger partial charge in [-0.05, 0) is 48.7 Å². The molecule has 3 heteroatoms. The third-order valence-electron chi connectivity index (χ3n) is 3.30. The second kappa shape index (κ2) is 6.87. The van der Waals surface area contributed by atoms with Crippen LogP contribution >= 0.6 is 11.6 Å². The summed E-state index contributed by atoms with van der Waals surface area (Å²) in [4.78, 5) is 0. The minimum Gasteiger partial charge on any atom is -0.313 e. The van der Waals surface area contributed by atoms with Crippen molar-refractivity contribution < 1.29 is 4.39 Å². The second-order valence-electron chi connectivity index (χ2n) is 4.92. The van der Waals surface area contributed by atoms with Gasteiger partial charge in [-0.15, -0.1) is 0 Å². The number of halogens is 2. The summed E-state index contributed by atoms with van der Waals surface area (Å²) >= 11 is 6.21. The molecule has 0 saturated carbocycles. The molecule has 0 aliphatic heterocycles. The average molecular weight is 292 g/mol. The first-order valence-corrected chi connectivity index (χ1v) is 7.26. The lowest BCUT2D eigenvalue weighted by Crippen LogP contribution is -2.14. The van der Waals surface area contributed by atoms with Gasteiger partial charge in [0, 0.05) is 12.1 Å². The number of hydrogen-bond donors (Lipinski definition) is 1. The Bertz CT molecular complexity index is 596. The van der Waals surface area contributed by atoms with Crippen LogP contribution in [0.3, 0.4) is 0 Å². The molecule has 0 atom stereocenters. The van der Waals surface area contributed by atoms with Gasteiger partial charge in [-0.1, -0.05) is 42.8 Å². The van der Waals surface area contributed by atoms with Crippen LogP contribution in [0.2, 0.25) is 5.02 Å². The molecule has 0 radical (unpaired) electrons. The van der Waals surface area contributed by atoms with Crippen LogP contribution in [0.25, 0.3) is 11.1 Å². The molecule has 0 unspecified atom stereocenters. The molecule has 0 aliphatic rings. The molecule has 0 aromatic heterocycles. The van der Waals surface area contributed by atoms with Gasteiger partial charge in [-0.3, -0.25) is 0 Å². The quantitative estimate of drug-likeness (QED) is 0.768. The average Bonchev–Trinajstić information content (AvgIpc) is 2.44. The van der Waals surface area contributed by atoms with Crippen LogP contribution in [-0.2, 0) is 6.54 Å². The zero-order chi connectivity index (χ0) is 14.5. The molecule has 2 rings (SSSR count). The van der Waals surface area contributed by atoms with Crippen molar-refractivity contribution in [1.82, 2.24) is 5.32 Å². The fraction of sp³-hybridized carbons (Fsp3) is 0.294. The van der Waals surface area contributed by atoms with Gasteiger partial charge in [0.2, 0.25) is 0 Å². The number of hydrogen-bond acceptors (Lipinski definition) is 1. The Morgan fingerprint density at radius 2 is 1.90 bits per heavy atom. The monoisotopic (exact) mass is 291 g/mol. The summed E-state index contributed by atoms with van der Waals surface area (Å²) in [5.41, 5.74) is 3.73. The van der Waals surface area contributed by atoms with Crippen molar-refractivity contribution >= 4 is 11.6 Å². The van der Waals surface area contributed by atoms with Crippen molar-refractivity contribution in [2.75, 3.05) is 6.54 Å². The number of aryl methyl sites for hydroxylation is 1. The fourth-order valence-electron chi connectivity index (χ4n) is 2.20. The first-order chi connectivity index (χ1) is 9.63. The second-order valence-corrected chi connectivity index (χ2v) is 5.32. The number of nitrogens with one attached hydrogen (secondary N) is 1. The van der Waals surface area contributed by atoms with E-state index in [0.29, 0.717) is 10.6 Å². The van der Waals surface area contributed by atoms with E-state index in [2.05, 4.69) is 18.3 Å². The van der Waals surface area contributed by atoms with E-state index in [1.807, 2.05) is 24.3 Å². The Morgan fingerprint density at radius 1 is 1.15 bits per heavy atom. The van der Waals surface area contributed by atoms with Crippen molar-refractivity contribution in [1.29, 1.82) is 0 Å². The molecule has 20 heavy (non-hydrogen) atoms. The smallest absolute Gasteiger partial charge is 0.127 e. The Kier molecular flexibility index (Phi) is 5.16. The minimum atomic E-state index is -0.264. The van der Waals surface area contributed by atoms with E-state index < -0.39 is 0 Å². The zero-order valence-electron chi connectivity index (χ0n) is 11.8. The SMILES string of the molecule is CCCNCc1ccccc1-c1cc(C)c(F)cc1Cl. The summed E-state index contributed by atoms with van der Waals surface area (Å²) in [7, 11) is 0. The third-order valence-corrected chi connectivity index (χ3v) is 3.61. The van der Waals surface area contributed by atoms with E-state index in [1.165, 1.54) is 11.6 Å². The lowest BCUT2D eigenvalue weighted by atomic mass is 9.98. The molecular weight excluding hydrogens is 273 g/mol. The van der Waals surface area contributed by atoms with E-state index in [-0.39, 0.29) is 5.82 Å². The number of rotatable bonds is 5. The largest absolute Gasteiger partial charge is 0.313 e. The fourth-order valence-corrected chi connectivity index (χ4v) is 2.45. The molecule has 0 saturated heterocycles. The first-order valence-electron chi connectivity index (χ1n) is 6.88. The molecule has 1 nitrogen and oxygen atoms in total. The maximum atomic E-state index is 13.5. The predicted molar refractivity (Wildman–Crippen MR) is 83.6 cm³/mol. The molecule has 1 N–H and O–H groups in total. The Balaban J connectivity index is 2.39. The van der Waals surface area contributed by atoms with Crippen molar-refractivity contribution in [3.8, 4) is 11.1 Å². The molecule has 2 aromatic carbocycles. The van der Waals surface area contributed by atoms with Gasteiger partial charge in [-0.2, -0.15) is 0 Å². The Hall–Kier alpha value is -1.38. The van der Waals surface area contributed by atoms with E-state index in [4.69, 9.17) is 11.6 Å². The van der Waals surface area contributed by atoms with E-state index >= 15 is 0 Å². The van der Waals surface area contributed by atoms with Crippen LogP contribution in [0.4, 0.5) is 4.39 Å². The summed E-state index contributed by atoms with van der Waals surface area (Å²) in [6, 6.07) is 11.3. The summed E-state index contributed by atoms with van der Waals surface area (Å²) in [5.74, 6) is -0.264. The first kappa shape index (κ1) is 15.0. The third kappa shape index (κ3) is 3.38. The lowest BCUT2D eigenvalue weighted by molar-refractivity contribution is 0.619. The van der Waals surface area contributed by atoms with Gasteiger partial charge in [0.25, 0.3) is 0 Å². The summed E-state index contributed by atoms with van der Waals surface area (Å²) in [6.45, 7) is 5.66. The van der Waals surface area contributed by atoms with Crippen LogP contribution in [0.15, 0.2) is 36.4 Å². The topological polar surface area (TPSA) is 12.0 Å². The van der Waals surface area contributed by atoms with Crippen molar-refractivity contribution in [3.05, 3.63) is 58.4 Å². The standard InChI is InChI=1S/C17H19ClFN/c1-3-8-20-11-13-6-4-5-7-14(13)15-9-12(2)17(19)10-16(15)18/h4-7,9-10,20H,3,8,11H2,1-2H3. The van der Waals surface area contributed by atoms with Gasteiger partial charge in [-0.25, -0.2) is 4.39 Å². The normalized spacial score (nSPS) is 10.8. The molecule has 0 amide bonds. The molecule has 0 bridgehead atoms. The molecular formula is C17H19ClFN. The van der Waals surface area contributed by atoms with Crippen molar-refractivity contribution in [2.45, 2.75) is 26.8 Å². The van der Waals surface area contributed by atoms with Crippen LogP contribution in [0, 0.1) is 12.7 Å². The van der Waals surface area contributed by atoms with E-state index in [1.54, 1.807) is 6.92 Å². The van der Waals surface area contributed by atoms with Gasteiger partial charge < -0.3 is 5.32 Å². The molecule has 0 aliphatic carbocycles. The predicted octanol–water partition coefficient (Wildman–Crippen LogP) is 4.95. The number of benzene rings is 2. The molecule has 0 fully saturated rings. The molecule has 0 heterocycles. The van der Waals surface area contributed by atoms with Gasteiger partial charge >= 0.3 is 0 Å². The van der Waals surface area contributed by atoms with Crippen LogP contribution < -0.4 is 5.32 Å². The Labute approximate surface area is 124 Å². The highest BCUT2D eigenvalue weighted by Crippen LogP contribution is 2.32. The summed E-state index contributed by atoms with van der Waals surface area (Å²) in [5, 5.41) is 3.84. The molecule has 2 aromatic rings. The maximum Gasteiger partial charge on any atom is 0.127 e. The highest BCUT2D eigenvalue weighted by Gasteiger charge is 2.11. The van der Waals surface area contributed by atoms with Gasteiger partial charge in [0.15, 0.2) is 0 Å². The highest BCUT2D eigenvalue weighted by molar-refractivity contribution is 6.33. The van der Waals surface area contributed by atoms with Crippen LogP contribution in [-0.4, -0.2) is 6.54 Å². The van der Waals surface area contributed by atoms with E-state index in [0.717, 1.165) is 30.6 Å². The highest BCUT2D eigenvalue weighted by atomic mass is 35.5. The maximum absolute atomic E-state index is 13.5. The van der Waals surface area contributed by atoms with Gasteiger partial charge in [0.05, 0.1) is 5.02 Å². The van der Waals surface area contributed by atoms with Crippen molar-refractivity contribution in [3.63, 3.8) is 0 Å². The van der Waals surface area contributed by atoms with Crippen LogP contribution in [0.5, 0.6) is 0 Å². The minimum absolute atomic E-state index is 0.264. The zero-order valence-corrected chi connectivity index (χ0v) is 12.6. The lowest BCUT2D eigenvalue weighted by Gasteiger charge is -2.13. The van der Waals surface area contributed by atoms with Crippen LogP contribution in [0.1, 0.15) is 24.5 Å². The van der Waals surface area contributed by atoms with Gasteiger partial charge in [0.1, 0.15) is 5.82 Å². The van der Waals surface area contributed by atoms with Crippen molar-refractivity contribution in [2.24, 2.45) is 0 Å².